The first-order valence-electron chi connectivity index (χ1n) is 7.41. The van der Waals surface area contributed by atoms with Crippen molar-refractivity contribution in [3.63, 3.8) is 0 Å². The largest absolute Gasteiger partial charge is 0.320 e. The number of amides is 1. The Balaban J connectivity index is 1.61. The lowest BCUT2D eigenvalue weighted by Gasteiger charge is -2.07. The third-order valence-corrected chi connectivity index (χ3v) is 4.81. The van der Waals surface area contributed by atoms with E-state index in [0.29, 0.717) is 0 Å². The topological polar surface area (TPSA) is 72.2 Å². The Morgan fingerprint density at radius 1 is 1.17 bits per heavy atom. The van der Waals surface area contributed by atoms with Gasteiger partial charge in [-0.1, -0.05) is 18.2 Å². The van der Waals surface area contributed by atoms with Gasteiger partial charge in [-0.15, -0.1) is 11.8 Å². The Kier molecular flexibility index (Phi) is 4.62. The number of thioether (sulfide) groups is 1. The number of carbonyl (C=O) groups excluding carboxylic acids is 1. The molecule has 2 aromatic carbocycles. The highest BCUT2D eigenvalue weighted by atomic mass is 32.2. The molecule has 0 saturated carbocycles. The zero-order chi connectivity index (χ0) is 16.2. The van der Waals surface area contributed by atoms with Gasteiger partial charge in [-0.3, -0.25) is 14.9 Å². The lowest BCUT2D eigenvalue weighted by Crippen LogP contribution is -2.15. The molecule has 1 amide bonds. The Labute approximate surface area is 138 Å². The van der Waals surface area contributed by atoms with Crippen LogP contribution in [0, 0.1) is 10.1 Å². The van der Waals surface area contributed by atoms with Crippen molar-refractivity contribution in [1.29, 1.82) is 0 Å². The smallest absolute Gasteiger partial charge is 0.292 e. The molecule has 1 aliphatic rings. The number of hydrogen-bond donors (Lipinski definition) is 1. The number of para-hydroxylation sites is 2. The lowest BCUT2D eigenvalue weighted by molar-refractivity contribution is -0.383. The fraction of sp³-hybridized carbons (Fsp3) is 0.235. The molecule has 2 aromatic rings. The number of aryl methyl sites for hydroxylation is 2. The molecular formula is C17H16N2O3S. The van der Waals surface area contributed by atoms with E-state index in [9.17, 15) is 14.9 Å². The summed E-state index contributed by atoms with van der Waals surface area (Å²) >= 11 is 1.45. The van der Waals surface area contributed by atoms with Crippen LogP contribution >= 0.6 is 11.8 Å². The number of carbonyl (C=O) groups is 1. The molecule has 0 bridgehead atoms. The van der Waals surface area contributed by atoms with Crippen LogP contribution < -0.4 is 5.32 Å². The van der Waals surface area contributed by atoms with E-state index in [1.165, 1.54) is 41.4 Å². The molecule has 23 heavy (non-hydrogen) atoms. The monoisotopic (exact) mass is 328 g/mol. The average molecular weight is 328 g/mol. The normalized spacial score (nSPS) is 12.7. The van der Waals surface area contributed by atoms with Crippen molar-refractivity contribution in [3.8, 4) is 0 Å². The van der Waals surface area contributed by atoms with Crippen molar-refractivity contribution in [2.45, 2.75) is 24.2 Å². The van der Waals surface area contributed by atoms with Crippen molar-refractivity contribution in [3.05, 3.63) is 63.7 Å². The third kappa shape index (κ3) is 3.71. The molecule has 1 aliphatic carbocycles. The van der Waals surface area contributed by atoms with Crippen LogP contribution in [-0.2, 0) is 17.6 Å². The van der Waals surface area contributed by atoms with Crippen LogP contribution in [0.15, 0.2) is 47.4 Å². The highest BCUT2D eigenvalue weighted by Crippen LogP contribution is 2.28. The van der Waals surface area contributed by atoms with Crippen molar-refractivity contribution in [1.82, 2.24) is 0 Å². The molecule has 5 nitrogen and oxygen atoms in total. The molecule has 0 aromatic heterocycles. The maximum absolute atomic E-state index is 12.0. The molecule has 0 atom stereocenters. The Morgan fingerprint density at radius 2 is 1.96 bits per heavy atom. The van der Waals surface area contributed by atoms with E-state index in [4.69, 9.17) is 0 Å². The molecule has 0 unspecified atom stereocenters. The van der Waals surface area contributed by atoms with Crippen LogP contribution in [0.2, 0.25) is 0 Å². The van der Waals surface area contributed by atoms with Crippen molar-refractivity contribution in [2.75, 3.05) is 11.1 Å². The van der Waals surface area contributed by atoms with Crippen LogP contribution in [0.1, 0.15) is 17.5 Å². The number of nitro groups is 1. The number of anilines is 1. The van der Waals surface area contributed by atoms with Gasteiger partial charge in [0.15, 0.2) is 0 Å². The summed E-state index contributed by atoms with van der Waals surface area (Å²) < 4.78 is 0. The van der Waals surface area contributed by atoms with Gasteiger partial charge in [-0.25, -0.2) is 0 Å². The van der Waals surface area contributed by atoms with Crippen molar-refractivity contribution in [2.24, 2.45) is 0 Å². The summed E-state index contributed by atoms with van der Waals surface area (Å²) in [6.45, 7) is 0. The minimum atomic E-state index is -0.497. The van der Waals surface area contributed by atoms with E-state index in [1.54, 1.807) is 12.1 Å². The zero-order valence-electron chi connectivity index (χ0n) is 12.5. The van der Waals surface area contributed by atoms with Gasteiger partial charge in [0.05, 0.1) is 10.7 Å². The summed E-state index contributed by atoms with van der Waals surface area (Å²) in [6.07, 6.45) is 3.44. The molecule has 0 heterocycles. The van der Waals surface area contributed by atoms with E-state index in [2.05, 4.69) is 17.4 Å². The Morgan fingerprint density at radius 3 is 2.78 bits per heavy atom. The minimum absolute atomic E-state index is 0.0941. The number of rotatable bonds is 5. The SMILES string of the molecule is O=C(CSc1ccc2c(c1)CCC2)Nc1ccccc1[N+](=O)[O-]. The summed E-state index contributed by atoms with van der Waals surface area (Å²) in [4.78, 5) is 23.5. The number of nitrogens with zero attached hydrogens (tertiary/aromatic N) is 1. The van der Waals surface area contributed by atoms with Gasteiger partial charge >= 0.3 is 0 Å². The van der Waals surface area contributed by atoms with Gasteiger partial charge in [0.25, 0.3) is 5.69 Å². The lowest BCUT2D eigenvalue weighted by atomic mass is 10.1. The second-order valence-electron chi connectivity index (χ2n) is 5.40. The van der Waals surface area contributed by atoms with Crippen LogP contribution in [0.4, 0.5) is 11.4 Å². The van der Waals surface area contributed by atoms with E-state index in [1.807, 2.05) is 6.07 Å². The molecule has 0 aliphatic heterocycles. The molecular weight excluding hydrogens is 312 g/mol. The summed E-state index contributed by atoms with van der Waals surface area (Å²) in [5.41, 5.74) is 2.91. The predicted molar refractivity (Wildman–Crippen MR) is 90.9 cm³/mol. The van der Waals surface area contributed by atoms with E-state index < -0.39 is 4.92 Å². The van der Waals surface area contributed by atoms with E-state index in [0.717, 1.165) is 17.7 Å². The van der Waals surface area contributed by atoms with Gasteiger partial charge in [0, 0.05) is 11.0 Å². The molecule has 118 valence electrons. The Hall–Kier alpha value is -2.34. The van der Waals surface area contributed by atoms with Crippen LogP contribution in [0.25, 0.3) is 0 Å². The summed E-state index contributed by atoms with van der Waals surface area (Å²) in [5.74, 6) is -0.0185. The number of nitro benzene ring substituents is 1. The van der Waals surface area contributed by atoms with Crippen molar-refractivity contribution >= 4 is 29.0 Å². The van der Waals surface area contributed by atoms with Crippen LogP contribution in [-0.4, -0.2) is 16.6 Å². The van der Waals surface area contributed by atoms with Gasteiger partial charge < -0.3 is 5.32 Å². The second-order valence-corrected chi connectivity index (χ2v) is 6.44. The summed E-state index contributed by atoms with van der Waals surface area (Å²) in [5, 5.41) is 13.6. The molecule has 0 fully saturated rings. The maximum atomic E-state index is 12.0. The van der Waals surface area contributed by atoms with Gasteiger partial charge in [-0.05, 0) is 48.6 Å². The molecule has 0 radical (unpaired) electrons. The van der Waals surface area contributed by atoms with Crippen molar-refractivity contribution < 1.29 is 9.72 Å². The Bertz CT molecular complexity index is 761. The first-order valence-corrected chi connectivity index (χ1v) is 8.40. The number of nitrogens with one attached hydrogen (secondary N) is 1. The summed E-state index contributed by atoms with van der Waals surface area (Å²) in [6, 6.07) is 12.5. The minimum Gasteiger partial charge on any atom is -0.320 e. The molecule has 6 heteroatoms. The maximum Gasteiger partial charge on any atom is 0.292 e. The number of benzene rings is 2. The zero-order valence-corrected chi connectivity index (χ0v) is 13.3. The average Bonchev–Trinajstić information content (AvgIpc) is 3.01. The standard InChI is InChI=1S/C17H16N2O3S/c20-17(18-15-6-1-2-7-16(15)19(21)22)11-23-14-9-8-12-4-3-5-13(12)10-14/h1-2,6-10H,3-5,11H2,(H,18,20). The number of fused-ring (bicyclic) bond motifs is 1. The molecule has 0 saturated heterocycles. The first-order chi connectivity index (χ1) is 11.1. The van der Waals surface area contributed by atoms with Gasteiger partial charge in [-0.2, -0.15) is 0 Å². The summed E-state index contributed by atoms with van der Waals surface area (Å²) in [7, 11) is 0. The quantitative estimate of drug-likeness (QED) is 0.514. The molecule has 3 rings (SSSR count). The van der Waals surface area contributed by atoms with Crippen LogP contribution in [0.5, 0.6) is 0 Å². The first kappa shape index (κ1) is 15.6. The van der Waals surface area contributed by atoms with E-state index >= 15 is 0 Å². The number of hydrogen-bond acceptors (Lipinski definition) is 4. The highest BCUT2D eigenvalue weighted by Gasteiger charge is 2.15. The molecule has 1 N–H and O–H groups in total. The predicted octanol–water partition coefficient (Wildman–Crippen LogP) is 3.81. The highest BCUT2D eigenvalue weighted by molar-refractivity contribution is 8.00. The van der Waals surface area contributed by atoms with E-state index in [-0.39, 0.29) is 23.0 Å². The van der Waals surface area contributed by atoms with Gasteiger partial charge in [0.2, 0.25) is 5.91 Å². The second kappa shape index (κ2) is 6.83. The third-order valence-electron chi connectivity index (χ3n) is 3.81. The van der Waals surface area contributed by atoms with Crippen LogP contribution in [0.3, 0.4) is 0 Å². The fourth-order valence-electron chi connectivity index (χ4n) is 2.71. The van der Waals surface area contributed by atoms with Gasteiger partial charge in [0.1, 0.15) is 5.69 Å². The fourth-order valence-corrected chi connectivity index (χ4v) is 3.47. The molecule has 0 spiro atoms.